The Morgan fingerprint density at radius 2 is 1.94 bits per heavy atom. The molecule has 0 aromatic heterocycles. The number of hydrogen-bond donors (Lipinski definition) is 3. The van der Waals surface area contributed by atoms with Gasteiger partial charge in [-0.3, -0.25) is 0 Å². The molecule has 0 heterocycles. The van der Waals surface area contributed by atoms with Crippen LogP contribution in [0.5, 0.6) is 0 Å². The van der Waals surface area contributed by atoms with Crippen LogP contribution in [0, 0.1) is 11.8 Å². The Balaban J connectivity index is 4.37. The highest BCUT2D eigenvalue weighted by molar-refractivity contribution is 5.83. The number of hydrogen-bond acceptors (Lipinski definition) is 3. The van der Waals surface area contributed by atoms with Crippen LogP contribution in [0.3, 0.4) is 0 Å². The van der Waals surface area contributed by atoms with Gasteiger partial charge in [-0.2, -0.15) is 13.2 Å². The van der Waals surface area contributed by atoms with Gasteiger partial charge in [0.2, 0.25) is 0 Å². The molecule has 0 radical (unpaired) electrons. The van der Waals surface area contributed by atoms with Gasteiger partial charge in [0.25, 0.3) is 0 Å². The molecule has 0 spiro atoms. The number of alkyl halides is 3. The van der Waals surface area contributed by atoms with Gasteiger partial charge in [0, 0.05) is 12.6 Å². The molecule has 0 aromatic carbocycles. The number of nitrogens with two attached hydrogens (primary N) is 1. The van der Waals surface area contributed by atoms with Gasteiger partial charge in [0.15, 0.2) is 5.84 Å². The van der Waals surface area contributed by atoms with Crippen molar-refractivity contribution in [2.75, 3.05) is 6.54 Å². The summed E-state index contributed by atoms with van der Waals surface area (Å²) in [5.41, 5.74) is 5.06. The third-order valence-electron chi connectivity index (χ3n) is 2.99. The zero-order valence-corrected chi connectivity index (χ0v) is 11.0. The fourth-order valence-corrected chi connectivity index (χ4v) is 1.63. The van der Waals surface area contributed by atoms with Gasteiger partial charge < -0.3 is 16.3 Å². The van der Waals surface area contributed by atoms with Crippen molar-refractivity contribution >= 4 is 5.84 Å². The lowest BCUT2D eigenvalue weighted by atomic mass is 9.99. The van der Waals surface area contributed by atoms with Crippen molar-refractivity contribution in [1.29, 1.82) is 0 Å². The number of halogens is 3. The van der Waals surface area contributed by atoms with Gasteiger partial charge in [0.1, 0.15) is 5.92 Å². The van der Waals surface area contributed by atoms with Crippen molar-refractivity contribution < 1.29 is 18.4 Å². The second-order valence-electron chi connectivity index (χ2n) is 4.68. The summed E-state index contributed by atoms with van der Waals surface area (Å²) < 4.78 is 37.9. The average Bonchev–Trinajstić information content (AvgIpc) is 2.26. The molecule has 0 aromatic rings. The average molecular weight is 269 g/mol. The first kappa shape index (κ1) is 17.0. The molecule has 4 N–H and O–H groups in total. The molecule has 18 heavy (non-hydrogen) atoms. The quantitative estimate of drug-likeness (QED) is 0.287. The summed E-state index contributed by atoms with van der Waals surface area (Å²) in [6.45, 7) is 5.53. The minimum absolute atomic E-state index is 0.0451. The van der Waals surface area contributed by atoms with E-state index in [9.17, 15) is 13.2 Å². The molecule has 0 saturated carbocycles. The second kappa shape index (κ2) is 7.45. The summed E-state index contributed by atoms with van der Waals surface area (Å²) in [7, 11) is 0. The highest BCUT2D eigenvalue weighted by Gasteiger charge is 2.42. The number of oxime groups is 1. The van der Waals surface area contributed by atoms with Crippen molar-refractivity contribution in [3.05, 3.63) is 0 Å². The van der Waals surface area contributed by atoms with Gasteiger partial charge in [-0.15, -0.1) is 0 Å². The van der Waals surface area contributed by atoms with Crippen LogP contribution in [-0.2, 0) is 0 Å². The van der Waals surface area contributed by atoms with Gasteiger partial charge in [0.05, 0.1) is 0 Å². The van der Waals surface area contributed by atoms with Crippen LogP contribution in [0.2, 0.25) is 0 Å². The van der Waals surface area contributed by atoms with Crippen LogP contribution in [0.1, 0.15) is 33.6 Å². The normalized spacial score (nSPS) is 18.4. The lowest BCUT2D eigenvalue weighted by Crippen LogP contribution is -2.45. The molecule has 7 heteroatoms. The molecule has 0 saturated heterocycles. The van der Waals surface area contributed by atoms with E-state index in [2.05, 4.69) is 10.5 Å². The van der Waals surface area contributed by atoms with Gasteiger partial charge in [-0.05, 0) is 19.3 Å². The molecule has 0 bridgehead atoms. The molecule has 0 aliphatic rings. The predicted molar refractivity (Wildman–Crippen MR) is 64.5 cm³/mol. The standard InChI is InChI=1S/C11H22F3N3O/c1-4-7(2)5-8(3)16-6-9(10(15)17-18)11(12,13)14/h7-9,16,18H,4-6H2,1-3H3,(H2,15,17). The third kappa shape index (κ3) is 6.09. The maximum atomic E-state index is 12.6. The van der Waals surface area contributed by atoms with Gasteiger partial charge in [-0.25, -0.2) is 0 Å². The van der Waals surface area contributed by atoms with E-state index < -0.39 is 17.9 Å². The van der Waals surface area contributed by atoms with Crippen molar-refractivity contribution in [3.8, 4) is 0 Å². The first-order valence-electron chi connectivity index (χ1n) is 5.99. The molecule has 3 unspecified atom stereocenters. The topological polar surface area (TPSA) is 70.6 Å². The highest BCUT2D eigenvalue weighted by Crippen LogP contribution is 2.26. The van der Waals surface area contributed by atoms with E-state index in [0.717, 1.165) is 12.8 Å². The Morgan fingerprint density at radius 3 is 2.33 bits per heavy atom. The molecule has 4 nitrogen and oxygen atoms in total. The minimum atomic E-state index is -4.51. The number of rotatable bonds is 7. The van der Waals surface area contributed by atoms with E-state index in [4.69, 9.17) is 10.9 Å². The van der Waals surface area contributed by atoms with E-state index in [1.165, 1.54) is 0 Å². The Morgan fingerprint density at radius 1 is 1.39 bits per heavy atom. The van der Waals surface area contributed by atoms with E-state index in [1.807, 2.05) is 20.8 Å². The predicted octanol–water partition coefficient (Wildman–Crippen LogP) is 2.33. The van der Waals surface area contributed by atoms with Crippen LogP contribution in [0.25, 0.3) is 0 Å². The lowest BCUT2D eigenvalue weighted by molar-refractivity contribution is -0.155. The van der Waals surface area contributed by atoms with Crippen LogP contribution >= 0.6 is 0 Å². The van der Waals surface area contributed by atoms with Crippen molar-refractivity contribution in [2.45, 2.75) is 45.8 Å². The molecular weight excluding hydrogens is 247 g/mol. The molecule has 0 amide bonds. The Kier molecular flexibility index (Phi) is 7.05. The number of nitrogens with zero attached hydrogens (tertiary/aromatic N) is 1. The monoisotopic (exact) mass is 269 g/mol. The first-order valence-corrected chi connectivity index (χ1v) is 5.99. The first-order chi connectivity index (χ1) is 8.22. The second-order valence-corrected chi connectivity index (χ2v) is 4.68. The molecule has 0 rings (SSSR count). The maximum Gasteiger partial charge on any atom is 0.400 e. The molecule has 0 fully saturated rings. The Labute approximate surface area is 105 Å². The largest absolute Gasteiger partial charge is 0.409 e. The van der Waals surface area contributed by atoms with Crippen LogP contribution in [0.4, 0.5) is 13.2 Å². The number of nitrogens with one attached hydrogen (secondary N) is 1. The van der Waals surface area contributed by atoms with E-state index in [-0.39, 0.29) is 12.6 Å². The summed E-state index contributed by atoms with van der Waals surface area (Å²) in [4.78, 5) is 0. The van der Waals surface area contributed by atoms with Crippen LogP contribution < -0.4 is 11.1 Å². The van der Waals surface area contributed by atoms with E-state index >= 15 is 0 Å². The zero-order valence-electron chi connectivity index (χ0n) is 11.0. The fourth-order valence-electron chi connectivity index (χ4n) is 1.63. The molecule has 3 atom stereocenters. The van der Waals surface area contributed by atoms with Crippen molar-refractivity contribution in [2.24, 2.45) is 22.7 Å². The smallest absolute Gasteiger partial charge is 0.400 e. The molecule has 108 valence electrons. The third-order valence-corrected chi connectivity index (χ3v) is 2.99. The van der Waals surface area contributed by atoms with Crippen molar-refractivity contribution in [3.63, 3.8) is 0 Å². The summed E-state index contributed by atoms with van der Waals surface area (Å²) >= 11 is 0. The summed E-state index contributed by atoms with van der Waals surface area (Å²) in [6, 6.07) is -0.0451. The molecule has 0 aliphatic heterocycles. The maximum absolute atomic E-state index is 12.6. The van der Waals surface area contributed by atoms with Gasteiger partial charge >= 0.3 is 6.18 Å². The summed E-state index contributed by atoms with van der Waals surface area (Å²) in [6.07, 6.45) is -2.74. The Bertz CT molecular complexity index is 269. The fraction of sp³-hybridized carbons (Fsp3) is 0.909. The molecular formula is C11H22F3N3O. The van der Waals surface area contributed by atoms with E-state index in [0.29, 0.717) is 5.92 Å². The summed E-state index contributed by atoms with van der Waals surface area (Å²) in [5.74, 6) is -2.33. The van der Waals surface area contributed by atoms with Gasteiger partial charge in [-0.1, -0.05) is 25.4 Å². The van der Waals surface area contributed by atoms with Crippen LogP contribution in [-0.4, -0.2) is 29.8 Å². The van der Waals surface area contributed by atoms with Crippen molar-refractivity contribution in [1.82, 2.24) is 5.32 Å². The lowest BCUT2D eigenvalue weighted by Gasteiger charge is -2.23. The summed E-state index contributed by atoms with van der Waals surface area (Å²) in [5, 5.41) is 13.6. The Hall–Kier alpha value is -0.980. The molecule has 0 aliphatic carbocycles. The van der Waals surface area contributed by atoms with E-state index in [1.54, 1.807) is 0 Å². The van der Waals surface area contributed by atoms with Crippen LogP contribution in [0.15, 0.2) is 5.16 Å². The zero-order chi connectivity index (χ0) is 14.3. The highest BCUT2D eigenvalue weighted by atomic mass is 19.4. The minimum Gasteiger partial charge on any atom is -0.409 e. The number of amidine groups is 1. The SMILES string of the molecule is CCC(C)CC(C)NCC(C(N)=NO)C(F)(F)F.